The maximum atomic E-state index is 13.3. The quantitative estimate of drug-likeness (QED) is 0.844. The number of aryl methyl sites for hydroxylation is 2. The summed E-state index contributed by atoms with van der Waals surface area (Å²) >= 11 is 0. The molecule has 0 aliphatic heterocycles. The van der Waals surface area contributed by atoms with Crippen LogP contribution < -0.4 is 5.32 Å². The Balaban J connectivity index is 1.88. The normalized spacial score (nSPS) is 17.3. The zero-order valence-corrected chi connectivity index (χ0v) is 10.7. The van der Waals surface area contributed by atoms with E-state index in [1.165, 1.54) is 18.2 Å². The second-order valence-electron chi connectivity index (χ2n) is 5.04. The molecule has 2 aromatic rings. The molecule has 98 valence electrons. The number of hydrogen-bond donors (Lipinski definition) is 1. The maximum absolute atomic E-state index is 13.3. The molecule has 0 saturated heterocycles. The van der Waals surface area contributed by atoms with E-state index in [0.717, 1.165) is 35.2 Å². The summed E-state index contributed by atoms with van der Waals surface area (Å²) in [5.41, 5.74) is 3.98. The van der Waals surface area contributed by atoms with Gasteiger partial charge in [0.1, 0.15) is 11.6 Å². The lowest BCUT2D eigenvalue weighted by molar-refractivity contribution is 0.626. The molecule has 0 bridgehead atoms. The van der Waals surface area contributed by atoms with Crippen molar-refractivity contribution in [3.05, 3.63) is 64.7 Å². The molecule has 1 aliphatic carbocycles. The van der Waals surface area contributed by atoms with Crippen LogP contribution in [0.3, 0.4) is 0 Å². The lowest BCUT2D eigenvalue weighted by Gasteiger charge is -2.17. The van der Waals surface area contributed by atoms with Crippen LogP contribution in [0.1, 0.15) is 29.2 Å². The Morgan fingerprint density at radius 2 is 1.79 bits per heavy atom. The molecule has 0 saturated carbocycles. The summed E-state index contributed by atoms with van der Waals surface area (Å²) in [5.74, 6) is -0.438. The number of anilines is 1. The summed E-state index contributed by atoms with van der Waals surface area (Å²) in [5, 5.41) is 3.36. The van der Waals surface area contributed by atoms with Crippen LogP contribution in [-0.4, -0.2) is 0 Å². The first-order chi connectivity index (χ1) is 9.13. The van der Waals surface area contributed by atoms with Gasteiger partial charge >= 0.3 is 0 Å². The van der Waals surface area contributed by atoms with E-state index < -0.39 is 0 Å². The Kier molecular flexibility index (Phi) is 2.97. The molecule has 0 fully saturated rings. The van der Waals surface area contributed by atoms with Gasteiger partial charge in [-0.05, 0) is 60.7 Å². The van der Waals surface area contributed by atoms with Gasteiger partial charge in [-0.25, -0.2) is 8.78 Å². The van der Waals surface area contributed by atoms with E-state index in [1.54, 1.807) is 12.1 Å². The molecule has 0 aromatic heterocycles. The van der Waals surface area contributed by atoms with E-state index in [9.17, 15) is 8.78 Å². The molecule has 0 amide bonds. The topological polar surface area (TPSA) is 12.0 Å². The minimum atomic E-state index is -0.245. The lowest BCUT2D eigenvalue weighted by atomic mass is 10.1. The molecule has 2 aromatic carbocycles. The third kappa shape index (κ3) is 2.33. The molecule has 1 atom stereocenters. The van der Waals surface area contributed by atoms with Crippen molar-refractivity contribution in [3.8, 4) is 0 Å². The van der Waals surface area contributed by atoms with Gasteiger partial charge in [0.2, 0.25) is 0 Å². The summed E-state index contributed by atoms with van der Waals surface area (Å²) in [6, 6.07) is 9.76. The van der Waals surface area contributed by atoms with Crippen LogP contribution in [0, 0.1) is 18.6 Å². The van der Waals surface area contributed by atoms with Crippen molar-refractivity contribution < 1.29 is 8.78 Å². The molecule has 0 radical (unpaired) electrons. The predicted molar refractivity (Wildman–Crippen MR) is 72.2 cm³/mol. The van der Waals surface area contributed by atoms with Gasteiger partial charge in [0.05, 0.1) is 6.04 Å². The number of nitrogens with one attached hydrogen (secondary N) is 1. The van der Waals surface area contributed by atoms with Gasteiger partial charge in [-0.3, -0.25) is 0 Å². The first-order valence-electron chi connectivity index (χ1n) is 6.44. The van der Waals surface area contributed by atoms with Crippen molar-refractivity contribution in [1.29, 1.82) is 0 Å². The summed E-state index contributed by atoms with van der Waals surface area (Å²) in [4.78, 5) is 0. The second kappa shape index (κ2) is 4.65. The molecule has 3 rings (SSSR count). The maximum Gasteiger partial charge on any atom is 0.125 e. The van der Waals surface area contributed by atoms with Gasteiger partial charge in [0.15, 0.2) is 0 Å². The Morgan fingerprint density at radius 3 is 2.63 bits per heavy atom. The SMILES string of the molecule is Cc1ccc(F)cc1NC1CCc2cc(F)ccc21. The molecule has 1 aliphatic rings. The minimum Gasteiger partial charge on any atom is -0.378 e. The number of hydrogen-bond acceptors (Lipinski definition) is 1. The fourth-order valence-corrected chi connectivity index (χ4v) is 2.67. The summed E-state index contributed by atoms with van der Waals surface area (Å²) < 4.78 is 26.4. The number of benzene rings is 2. The monoisotopic (exact) mass is 259 g/mol. The molecular weight excluding hydrogens is 244 g/mol. The van der Waals surface area contributed by atoms with E-state index in [2.05, 4.69) is 5.32 Å². The first kappa shape index (κ1) is 12.2. The van der Waals surface area contributed by atoms with E-state index in [1.807, 2.05) is 13.0 Å². The van der Waals surface area contributed by atoms with Gasteiger partial charge < -0.3 is 5.32 Å². The molecule has 1 N–H and O–H groups in total. The van der Waals surface area contributed by atoms with Gasteiger partial charge in [0, 0.05) is 5.69 Å². The van der Waals surface area contributed by atoms with Gasteiger partial charge in [-0.1, -0.05) is 12.1 Å². The largest absolute Gasteiger partial charge is 0.378 e. The van der Waals surface area contributed by atoms with Crippen molar-refractivity contribution >= 4 is 5.69 Å². The molecule has 3 heteroatoms. The van der Waals surface area contributed by atoms with Crippen molar-refractivity contribution in [2.45, 2.75) is 25.8 Å². The number of fused-ring (bicyclic) bond motifs is 1. The Morgan fingerprint density at radius 1 is 1.05 bits per heavy atom. The number of rotatable bonds is 2. The van der Waals surface area contributed by atoms with Crippen molar-refractivity contribution in [3.63, 3.8) is 0 Å². The smallest absolute Gasteiger partial charge is 0.125 e. The molecular formula is C16H15F2N. The van der Waals surface area contributed by atoms with E-state index in [0.29, 0.717) is 0 Å². The molecule has 19 heavy (non-hydrogen) atoms. The highest BCUT2D eigenvalue weighted by molar-refractivity contribution is 5.53. The summed E-state index contributed by atoms with van der Waals surface area (Å²) in [6.45, 7) is 1.95. The average Bonchev–Trinajstić information content (AvgIpc) is 2.76. The predicted octanol–water partition coefficient (Wildman–Crippen LogP) is 4.37. The van der Waals surface area contributed by atoms with Gasteiger partial charge in [-0.15, -0.1) is 0 Å². The molecule has 0 spiro atoms. The average molecular weight is 259 g/mol. The van der Waals surface area contributed by atoms with Crippen LogP contribution in [-0.2, 0) is 6.42 Å². The summed E-state index contributed by atoms with van der Waals surface area (Å²) in [6.07, 6.45) is 1.77. The highest BCUT2D eigenvalue weighted by Gasteiger charge is 2.23. The second-order valence-corrected chi connectivity index (χ2v) is 5.04. The Hall–Kier alpha value is -1.90. The third-order valence-electron chi connectivity index (χ3n) is 3.71. The lowest BCUT2D eigenvalue weighted by Crippen LogP contribution is -2.08. The van der Waals surface area contributed by atoms with E-state index in [4.69, 9.17) is 0 Å². The molecule has 0 heterocycles. The van der Waals surface area contributed by atoms with Crippen molar-refractivity contribution in [2.75, 3.05) is 5.32 Å². The molecule has 1 nitrogen and oxygen atoms in total. The van der Waals surface area contributed by atoms with Crippen LogP contribution in [0.15, 0.2) is 36.4 Å². The molecule has 1 unspecified atom stereocenters. The van der Waals surface area contributed by atoms with Crippen LogP contribution in [0.5, 0.6) is 0 Å². The Bertz CT molecular complexity index is 622. The van der Waals surface area contributed by atoms with Crippen LogP contribution in [0.25, 0.3) is 0 Å². The summed E-state index contributed by atoms with van der Waals surface area (Å²) in [7, 11) is 0. The zero-order valence-electron chi connectivity index (χ0n) is 10.7. The van der Waals surface area contributed by atoms with Crippen LogP contribution in [0.4, 0.5) is 14.5 Å². The van der Waals surface area contributed by atoms with Gasteiger partial charge in [0.25, 0.3) is 0 Å². The fraction of sp³-hybridized carbons (Fsp3) is 0.250. The minimum absolute atomic E-state index is 0.135. The van der Waals surface area contributed by atoms with Crippen LogP contribution in [0.2, 0.25) is 0 Å². The van der Waals surface area contributed by atoms with Gasteiger partial charge in [-0.2, -0.15) is 0 Å². The third-order valence-corrected chi connectivity index (χ3v) is 3.71. The van der Waals surface area contributed by atoms with E-state index >= 15 is 0 Å². The number of halogens is 2. The standard InChI is InChI=1S/C16H15F2N/c1-10-2-4-13(18)9-16(10)19-15-7-3-11-8-12(17)5-6-14(11)15/h2,4-6,8-9,15,19H,3,7H2,1H3. The van der Waals surface area contributed by atoms with Crippen molar-refractivity contribution in [1.82, 2.24) is 0 Å². The first-order valence-corrected chi connectivity index (χ1v) is 6.44. The van der Waals surface area contributed by atoms with Crippen LogP contribution >= 0.6 is 0 Å². The highest BCUT2D eigenvalue weighted by atomic mass is 19.1. The zero-order chi connectivity index (χ0) is 13.4. The highest BCUT2D eigenvalue weighted by Crippen LogP contribution is 2.35. The van der Waals surface area contributed by atoms with E-state index in [-0.39, 0.29) is 17.7 Å². The Labute approximate surface area is 111 Å². The van der Waals surface area contributed by atoms with Crippen molar-refractivity contribution in [2.24, 2.45) is 0 Å². The fourth-order valence-electron chi connectivity index (χ4n) is 2.67.